The lowest BCUT2D eigenvalue weighted by molar-refractivity contribution is 0.381. The number of hydrogen-bond acceptors (Lipinski definition) is 3. The van der Waals surface area contributed by atoms with Gasteiger partial charge in [-0.1, -0.05) is 20.8 Å². The molecule has 0 bridgehead atoms. The summed E-state index contributed by atoms with van der Waals surface area (Å²) in [5, 5.41) is 2.76. The molecule has 0 saturated carbocycles. The minimum atomic E-state index is -0.241. The summed E-state index contributed by atoms with van der Waals surface area (Å²) in [5.74, 6) is 0. The average Bonchev–Trinajstić information content (AvgIpc) is 2.59. The van der Waals surface area contributed by atoms with Crippen molar-refractivity contribution < 1.29 is 0 Å². The Balaban J connectivity index is 2.85. The van der Waals surface area contributed by atoms with Crippen LogP contribution in [-0.4, -0.2) is 9.55 Å². The van der Waals surface area contributed by atoms with Gasteiger partial charge in [-0.2, -0.15) is 0 Å². The first-order valence-corrected chi connectivity index (χ1v) is 7.00. The van der Waals surface area contributed by atoms with Gasteiger partial charge in [0.1, 0.15) is 0 Å². The van der Waals surface area contributed by atoms with Gasteiger partial charge in [0.2, 0.25) is 0 Å². The summed E-state index contributed by atoms with van der Waals surface area (Å²) < 4.78 is 1.72. The van der Waals surface area contributed by atoms with Crippen LogP contribution in [-0.2, 0) is 11.0 Å². The molecule has 2 aromatic rings. The van der Waals surface area contributed by atoms with Crippen LogP contribution in [0.5, 0.6) is 0 Å². The van der Waals surface area contributed by atoms with E-state index in [0.29, 0.717) is 0 Å². The molecule has 4 heteroatoms. The molecule has 0 N–H and O–H groups in total. The van der Waals surface area contributed by atoms with Gasteiger partial charge in [0, 0.05) is 15.8 Å². The van der Waals surface area contributed by atoms with Crippen LogP contribution in [0, 0.1) is 0 Å². The van der Waals surface area contributed by atoms with E-state index < -0.39 is 0 Å². The molecule has 0 spiro atoms. The van der Waals surface area contributed by atoms with E-state index in [-0.39, 0.29) is 16.5 Å². The number of hydrogen-bond donors (Lipinski definition) is 0. The van der Waals surface area contributed by atoms with Gasteiger partial charge in [-0.3, -0.25) is 9.36 Å². The molecule has 0 aliphatic carbocycles. The van der Waals surface area contributed by atoms with Crippen LogP contribution in [0.1, 0.15) is 46.4 Å². The van der Waals surface area contributed by atoms with Crippen LogP contribution in [0.4, 0.5) is 0 Å². The molecule has 0 unspecified atom stereocenters. The Kier molecular flexibility index (Phi) is 2.89. The minimum absolute atomic E-state index is 0.0235. The van der Waals surface area contributed by atoms with E-state index in [4.69, 9.17) is 0 Å². The fraction of sp³-hybridized carbons (Fsp3) is 0.571. The maximum atomic E-state index is 12.6. The highest BCUT2D eigenvalue weighted by Crippen LogP contribution is 2.33. The second kappa shape index (κ2) is 3.92. The maximum Gasteiger partial charge on any atom is 0.262 e. The second-order valence-electron chi connectivity index (χ2n) is 6.67. The van der Waals surface area contributed by atoms with Crippen molar-refractivity contribution in [2.75, 3.05) is 0 Å². The normalized spacial score (nSPS) is 13.2. The molecule has 2 aromatic heterocycles. The number of rotatable bonds is 0. The summed E-state index contributed by atoms with van der Waals surface area (Å²) >= 11 is 1.63. The van der Waals surface area contributed by atoms with Crippen LogP contribution in [0.3, 0.4) is 0 Å². The molecular formula is C14H20N2OS. The standard InChI is InChI=1S/C14H20N2OS/c1-13(2,3)11-10-9(7-18-11)15-8-16(12(10)17)14(4,5)6/h7-8H,1-6H3. The van der Waals surface area contributed by atoms with E-state index in [1.54, 1.807) is 22.2 Å². The Morgan fingerprint density at radius 2 is 1.78 bits per heavy atom. The van der Waals surface area contributed by atoms with Gasteiger partial charge in [0.25, 0.3) is 5.56 Å². The van der Waals surface area contributed by atoms with Gasteiger partial charge in [0.15, 0.2) is 0 Å². The fourth-order valence-electron chi connectivity index (χ4n) is 1.97. The minimum Gasteiger partial charge on any atom is -0.293 e. The van der Waals surface area contributed by atoms with Gasteiger partial charge >= 0.3 is 0 Å². The first-order chi connectivity index (χ1) is 8.12. The van der Waals surface area contributed by atoms with Crippen LogP contribution in [0.2, 0.25) is 0 Å². The molecule has 0 saturated heterocycles. The lowest BCUT2D eigenvalue weighted by atomic mass is 9.92. The molecule has 0 aliphatic rings. The topological polar surface area (TPSA) is 34.9 Å². The smallest absolute Gasteiger partial charge is 0.262 e. The lowest BCUT2D eigenvalue weighted by Crippen LogP contribution is -2.34. The third-order valence-corrected chi connectivity index (χ3v) is 4.31. The van der Waals surface area contributed by atoms with Gasteiger partial charge < -0.3 is 0 Å². The van der Waals surface area contributed by atoms with Crippen molar-refractivity contribution >= 4 is 22.2 Å². The SMILES string of the molecule is CC(C)(C)c1scc2ncn(C(C)(C)C)c(=O)c12. The van der Waals surface area contributed by atoms with E-state index in [1.165, 1.54) is 0 Å². The third kappa shape index (κ3) is 2.09. The van der Waals surface area contributed by atoms with Crippen molar-refractivity contribution in [3.8, 4) is 0 Å². The molecule has 0 fully saturated rings. The van der Waals surface area contributed by atoms with Crippen molar-refractivity contribution in [1.29, 1.82) is 0 Å². The highest BCUT2D eigenvalue weighted by molar-refractivity contribution is 7.11. The van der Waals surface area contributed by atoms with Crippen LogP contribution in [0.25, 0.3) is 10.9 Å². The van der Waals surface area contributed by atoms with E-state index >= 15 is 0 Å². The quantitative estimate of drug-likeness (QED) is 0.730. The Morgan fingerprint density at radius 3 is 2.28 bits per heavy atom. The molecule has 18 heavy (non-hydrogen) atoms. The molecule has 0 atom stereocenters. The predicted octanol–water partition coefficient (Wildman–Crippen LogP) is 3.51. The van der Waals surface area contributed by atoms with Crippen molar-refractivity contribution in [3.05, 3.63) is 26.9 Å². The van der Waals surface area contributed by atoms with E-state index in [1.807, 2.05) is 26.2 Å². The van der Waals surface area contributed by atoms with E-state index in [2.05, 4.69) is 25.8 Å². The zero-order valence-electron chi connectivity index (χ0n) is 11.9. The summed E-state index contributed by atoms with van der Waals surface area (Å²) in [6.45, 7) is 12.4. The van der Waals surface area contributed by atoms with E-state index in [9.17, 15) is 4.79 Å². The number of thiophene rings is 1. The zero-order chi connectivity index (χ0) is 13.7. The van der Waals surface area contributed by atoms with Crippen LogP contribution < -0.4 is 5.56 Å². The van der Waals surface area contributed by atoms with Gasteiger partial charge in [0.05, 0.1) is 17.2 Å². The Bertz CT molecular complexity index is 638. The molecule has 98 valence electrons. The number of fused-ring (bicyclic) bond motifs is 1. The first kappa shape index (κ1) is 13.3. The fourth-order valence-corrected chi connectivity index (χ4v) is 3.04. The van der Waals surface area contributed by atoms with Crippen LogP contribution >= 0.6 is 11.3 Å². The summed E-state index contributed by atoms with van der Waals surface area (Å²) in [7, 11) is 0. The summed E-state index contributed by atoms with van der Waals surface area (Å²) in [6, 6.07) is 0. The Labute approximate surface area is 111 Å². The molecule has 2 heterocycles. The molecule has 0 aliphatic heterocycles. The monoisotopic (exact) mass is 264 g/mol. The zero-order valence-corrected chi connectivity index (χ0v) is 12.7. The van der Waals surface area contributed by atoms with E-state index in [0.717, 1.165) is 15.8 Å². The second-order valence-corrected chi connectivity index (χ2v) is 7.55. The summed E-state index contributed by atoms with van der Waals surface area (Å²) in [5.41, 5.74) is 0.619. The maximum absolute atomic E-state index is 12.6. The van der Waals surface area contributed by atoms with Crippen molar-refractivity contribution in [2.45, 2.75) is 52.5 Å². The average molecular weight is 264 g/mol. The van der Waals surface area contributed by atoms with Gasteiger partial charge in [-0.05, 0) is 26.2 Å². The predicted molar refractivity (Wildman–Crippen MR) is 77.6 cm³/mol. The molecular weight excluding hydrogens is 244 g/mol. The Hall–Kier alpha value is -1.16. The summed E-state index contributed by atoms with van der Waals surface area (Å²) in [4.78, 5) is 18.2. The molecule has 0 aromatic carbocycles. The molecule has 0 radical (unpaired) electrons. The molecule has 0 amide bonds. The Morgan fingerprint density at radius 1 is 1.17 bits per heavy atom. The largest absolute Gasteiger partial charge is 0.293 e. The highest BCUT2D eigenvalue weighted by Gasteiger charge is 2.24. The van der Waals surface area contributed by atoms with Gasteiger partial charge in [-0.15, -0.1) is 11.3 Å². The molecule has 3 nitrogen and oxygen atoms in total. The first-order valence-electron chi connectivity index (χ1n) is 6.12. The molecule has 2 rings (SSSR count). The van der Waals surface area contributed by atoms with Crippen LogP contribution in [0.15, 0.2) is 16.5 Å². The summed E-state index contributed by atoms with van der Waals surface area (Å²) in [6.07, 6.45) is 1.66. The number of aromatic nitrogens is 2. The number of nitrogens with zero attached hydrogens (tertiary/aromatic N) is 2. The van der Waals surface area contributed by atoms with Crippen molar-refractivity contribution in [3.63, 3.8) is 0 Å². The third-order valence-electron chi connectivity index (χ3n) is 2.92. The van der Waals surface area contributed by atoms with Crippen molar-refractivity contribution in [2.24, 2.45) is 0 Å². The highest BCUT2D eigenvalue weighted by atomic mass is 32.1. The van der Waals surface area contributed by atoms with Gasteiger partial charge in [-0.25, -0.2) is 4.98 Å². The lowest BCUT2D eigenvalue weighted by Gasteiger charge is -2.22. The van der Waals surface area contributed by atoms with Crippen molar-refractivity contribution in [1.82, 2.24) is 9.55 Å².